The number of benzene rings is 2. The van der Waals surface area contributed by atoms with Crippen LogP contribution in [0.15, 0.2) is 46.9 Å². The summed E-state index contributed by atoms with van der Waals surface area (Å²) in [5, 5.41) is 10.2. The molecule has 8 rings (SSSR count). The zero-order valence-electron chi connectivity index (χ0n) is 42.4. The molecule has 394 valence electrons. The summed E-state index contributed by atoms with van der Waals surface area (Å²) in [6.45, 7) is 12.3. The molecule has 0 bridgehead atoms. The maximum Gasteiger partial charge on any atom is 0.295 e. The second-order valence-electron chi connectivity index (χ2n) is 18.4. The highest BCUT2D eigenvalue weighted by atomic mass is 16.6. The van der Waals surface area contributed by atoms with Gasteiger partial charge >= 0.3 is 0 Å². The molecule has 2 aromatic carbocycles. The molecular formula is C50H64N14O10. The fourth-order valence-corrected chi connectivity index (χ4v) is 9.54. The number of nitrogens with two attached hydrogens (primary N) is 3. The van der Waals surface area contributed by atoms with Crippen molar-refractivity contribution in [2.45, 2.75) is 91.5 Å². The summed E-state index contributed by atoms with van der Waals surface area (Å²) in [5.74, 6) is 4.09. The van der Waals surface area contributed by atoms with E-state index >= 15 is 0 Å². The molecular weight excluding hydrogens is 957 g/mol. The minimum Gasteiger partial charge on any atom is -0.494 e. The van der Waals surface area contributed by atoms with E-state index in [0.717, 1.165) is 19.3 Å². The Labute approximate surface area is 426 Å². The number of unbranched alkanes of at least 4 members (excludes halogenated alkanes) is 2. The molecule has 6 aromatic rings. The summed E-state index contributed by atoms with van der Waals surface area (Å²) in [6.07, 6.45) is 7.65. The molecule has 2 saturated heterocycles. The molecule has 0 saturated carbocycles. The first kappa shape index (κ1) is 52.6. The lowest BCUT2D eigenvalue weighted by Crippen LogP contribution is -2.70. The summed E-state index contributed by atoms with van der Waals surface area (Å²) in [7, 11) is 1.46. The number of nitrogens with zero attached hydrogens (tertiary/aromatic N) is 9. The number of ether oxygens (including phenoxy) is 3. The molecule has 0 unspecified atom stereocenters. The number of morpholine rings is 1. The number of hydrogen-bond donors (Lipinski definition) is 5. The van der Waals surface area contributed by atoms with Crippen LogP contribution >= 0.6 is 0 Å². The maximum atomic E-state index is 13.9. The number of nitrogens with one attached hydrogen (secondary N) is 2. The number of allylic oxidation sites excluding steroid dienone is 2. The van der Waals surface area contributed by atoms with Gasteiger partial charge in [0.25, 0.3) is 11.8 Å². The maximum absolute atomic E-state index is 13.9. The lowest BCUT2D eigenvalue weighted by Gasteiger charge is -2.54. The Hall–Kier alpha value is -7.67. The Morgan fingerprint density at radius 1 is 0.797 bits per heavy atom. The highest BCUT2D eigenvalue weighted by molar-refractivity contribution is 6.05. The average Bonchev–Trinajstić information content (AvgIpc) is 4.14. The van der Waals surface area contributed by atoms with E-state index in [2.05, 4.69) is 30.5 Å². The van der Waals surface area contributed by atoms with E-state index in [-0.39, 0.29) is 54.4 Å². The van der Waals surface area contributed by atoms with E-state index in [1.807, 2.05) is 30.9 Å². The molecule has 0 atom stereocenters. The third-order valence-electron chi connectivity index (χ3n) is 13.0. The zero-order chi connectivity index (χ0) is 52.7. The number of primary amides is 2. The van der Waals surface area contributed by atoms with Crippen LogP contribution in [-0.4, -0.2) is 138 Å². The molecule has 2 fully saturated rings. The van der Waals surface area contributed by atoms with Gasteiger partial charge in [0.2, 0.25) is 35.4 Å². The summed E-state index contributed by atoms with van der Waals surface area (Å²) < 4.78 is 29.2. The van der Waals surface area contributed by atoms with Gasteiger partial charge in [0.1, 0.15) is 33.8 Å². The Bertz CT molecular complexity index is 3090. The number of methoxy groups -OCH3 is 1. The molecule has 5 amide bonds. The molecule has 4 aromatic heterocycles. The van der Waals surface area contributed by atoms with Gasteiger partial charge in [-0.15, -0.1) is 0 Å². The van der Waals surface area contributed by atoms with Crippen molar-refractivity contribution in [2.24, 2.45) is 17.4 Å². The molecule has 2 aliphatic rings. The number of likely N-dealkylation sites (tertiary alicyclic amines) is 1. The minimum atomic E-state index is -0.697. The van der Waals surface area contributed by atoms with Crippen LogP contribution in [0.4, 0.5) is 11.9 Å². The second kappa shape index (κ2) is 23.0. The Morgan fingerprint density at radius 3 is 2.07 bits per heavy atom. The van der Waals surface area contributed by atoms with Crippen molar-refractivity contribution in [1.29, 1.82) is 0 Å². The van der Waals surface area contributed by atoms with Crippen LogP contribution < -0.4 is 37.5 Å². The van der Waals surface area contributed by atoms with Crippen LogP contribution in [0.2, 0.25) is 0 Å². The summed E-state index contributed by atoms with van der Waals surface area (Å²) >= 11 is 0. The van der Waals surface area contributed by atoms with E-state index in [1.54, 1.807) is 39.8 Å². The number of amides is 5. The van der Waals surface area contributed by atoms with Crippen LogP contribution in [0.25, 0.3) is 22.1 Å². The Balaban J connectivity index is 1.04. The topological polar surface area (TPSA) is 310 Å². The summed E-state index contributed by atoms with van der Waals surface area (Å²) in [4.78, 5) is 88.4. The average molecular weight is 1020 g/mol. The number of anilines is 2. The third-order valence-corrected chi connectivity index (χ3v) is 13.0. The SMILES string of the molecule is CCc1nc(C)oc1C(=O)Nc1nc2cc(C(N)=O)cc(OCCCN3CC4(C3)CN(C(=O)CCCCCON)CCO4)c2n1C/C=C/Cn1c(NC(=O)c2cc(C)nn2CC)nc2cc(C(N)=O)cc(OC)c21. The van der Waals surface area contributed by atoms with E-state index in [9.17, 15) is 24.0 Å². The van der Waals surface area contributed by atoms with Crippen LogP contribution in [0.1, 0.15) is 105 Å². The highest BCUT2D eigenvalue weighted by Crippen LogP contribution is 2.34. The Morgan fingerprint density at radius 2 is 1.45 bits per heavy atom. The predicted octanol–water partition coefficient (Wildman–Crippen LogP) is 3.87. The predicted molar refractivity (Wildman–Crippen MR) is 272 cm³/mol. The van der Waals surface area contributed by atoms with Gasteiger partial charge in [-0.05, 0) is 69.9 Å². The quantitative estimate of drug-likeness (QED) is 0.0326. The standard InChI is InChI=1S/C50H64N14O10/c1-6-34-43(74-31(4)54-34)47(69)58-49-56-36-24-33(45(52)67)26-39(71-19-13-15-60-27-50(28-60)29-61(18-21-72-50)40(65)14-9-8-12-20-73-53)42(36)63(49)17-11-10-16-62-41-35(23-32(44(51)66)25-38(41)70-5)55-48(62)57-46(68)37-22-30(3)59-64(37)7-2/h10-11,22-26H,6-9,12-21,27-29,53H2,1-5H3,(H2,51,66)(H2,52,67)(H,55,57,68)(H,56,58,69)/b11-10+. The van der Waals surface area contributed by atoms with Gasteiger partial charge in [-0.1, -0.05) is 25.5 Å². The number of carbonyl (C=O) groups excluding carboxylic acids is 5. The van der Waals surface area contributed by atoms with Crippen molar-refractivity contribution >= 4 is 63.5 Å². The van der Waals surface area contributed by atoms with E-state index in [1.165, 1.54) is 25.3 Å². The number of aryl methyl sites for hydroxylation is 4. The molecule has 24 nitrogen and oxygen atoms in total. The number of oxazole rings is 1. The molecule has 6 heterocycles. The van der Waals surface area contributed by atoms with Crippen molar-refractivity contribution in [3.63, 3.8) is 0 Å². The highest BCUT2D eigenvalue weighted by Gasteiger charge is 2.47. The number of fused-ring (bicyclic) bond motifs is 2. The van der Waals surface area contributed by atoms with Crippen LogP contribution in [-0.2, 0) is 40.4 Å². The first-order valence-electron chi connectivity index (χ1n) is 24.7. The van der Waals surface area contributed by atoms with Gasteiger partial charge in [-0.2, -0.15) is 5.10 Å². The number of imidazole rings is 2. The lowest BCUT2D eigenvalue weighted by molar-refractivity contribution is -0.189. The van der Waals surface area contributed by atoms with Crippen molar-refractivity contribution in [3.05, 3.63) is 82.3 Å². The first-order chi connectivity index (χ1) is 35.6. The van der Waals surface area contributed by atoms with E-state index in [0.29, 0.717) is 128 Å². The summed E-state index contributed by atoms with van der Waals surface area (Å²) in [5.41, 5.74) is 14.5. The van der Waals surface area contributed by atoms with E-state index in [4.69, 9.17) is 46.0 Å². The van der Waals surface area contributed by atoms with Gasteiger partial charge < -0.3 is 49.0 Å². The van der Waals surface area contributed by atoms with Crippen LogP contribution in [0.3, 0.4) is 0 Å². The van der Waals surface area contributed by atoms with Gasteiger partial charge in [0, 0.05) is 70.3 Å². The van der Waals surface area contributed by atoms with Crippen LogP contribution in [0, 0.1) is 13.8 Å². The van der Waals surface area contributed by atoms with Crippen LogP contribution in [0.5, 0.6) is 11.5 Å². The molecule has 74 heavy (non-hydrogen) atoms. The molecule has 8 N–H and O–H groups in total. The van der Waals surface area contributed by atoms with Gasteiger partial charge in [0.05, 0.1) is 55.9 Å². The Kier molecular flexibility index (Phi) is 16.4. The second-order valence-corrected chi connectivity index (χ2v) is 18.4. The van der Waals surface area contributed by atoms with Crippen molar-refractivity contribution in [1.82, 2.24) is 43.7 Å². The monoisotopic (exact) mass is 1020 g/mol. The van der Waals surface area contributed by atoms with E-state index < -0.39 is 29.2 Å². The number of hydrogen-bond acceptors (Lipinski definition) is 16. The third kappa shape index (κ3) is 11.6. The molecule has 1 spiro atoms. The fraction of sp³-hybridized carbons (Fsp3) is 0.460. The van der Waals surface area contributed by atoms with Gasteiger partial charge in [0.15, 0.2) is 5.89 Å². The van der Waals surface area contributed by atoms with Crippen molar-refractivity contribution in [3.8, 4) is 11.5 Å². The lowest BCUT2D eigenvalue weighted by atomic mass is 9.91. The smallest absolute Gasteiger partial charge is 0.295 e. The zero-order valence-corrected chi connectivity index (χ0v) is 42.4. The number of rotatable bonds is 24. The van der Waals surface area contributed by atoms with Gasteiger partial charge in [-0.25, -0.2) is 20.8 Å². The molecule has 0 radical (unpaired) electrons. The first-order valence-corrected chi connectivity index (χ1v) is 24.7. The molecule has 2 aliphatic heterocycles. The summed E-state index contributed by atoms with van der Waals surface area (Å²) in [6, 6.07) is 7.81. The number of aromatic nitrogens is 7. The number of carbonyl (C=O) groups is 5. The molecule has 0 aliphatic carbocycles. The van der Waals surface area contributed by atoms with Gasteiger partial charge in [-0.3, -0.25) is 44.2 Å². The largest absolute Gasteiger partial charge is 0.494 e. The van der Waals surface area contributed by atoms with Crippen molar-refractivity contribution < 1.29 is 47.4 Å². The normalized spacial score (nSPS) is 14.5. The van der Waals surface area contributed by atoms with Crippen molar-refractivity contribution in [2.75, 3.05) is 70.3 Å². The minimum absolute atomic E-state index is 0.0382. The fourth-order valence-electron chi connectivity index (χ4n) is 9.54. The molecule has 24 heteroatoms.